The van der Waals surface area contributed by atoms with E-state index >= 15 is 0 Å². The summed E-state index contributed by atoms with van der Waals surface area (Å²) in [6, 6.07) is 7.39. The minimum absolute atomic E-state index is 0.329. The van der Waals surface area contributed by atoms with Crippen molar-refractivity contribution in [3.8, 4) is 5.75 Å². The van der Waals surface area contributed by atoms with Crippen LogP contribution in [0.15, 0.2) is 41.6 Å². The topological polar surface area (TPSA) is 75.6 Å². The molecule has 0 unspecified atom stereocenters. The molecule has 0 N–H and O–H groups in total. The average molecular weight is 459 g/mol. The van der Waals surface area contributed by atoms with Crippen molar-refractivity contribution in [2.24, 2.45) is 5.92 Å². The lowest BCUT2D eigenvalue weighted by atomic mass is 9.85. The summed E-state index contributed by atoms with van der Waals surface area (Å²) in [4.78, 5) is 14.3. The van der Waals surface area contributed by atoms with Crippen LogP contribution in [0, 0.1) is 5.92 Å². The predicted octanol–water partition coefficient (Wildman–Crippen LogP) is 3.20. The Balaban J connectivity index is 1.19. The Morgan fingerprint density at radius 1 is 0.969 bits per heavy atom. The Morgan fingerprint density at radius 2 is 1.59 bits per heavy atom. The Morgan fingerprint density at radius 3 is 2.16 bits per heavy atom. The molecule has 32 heavy (non-hydrogen) atoms. The highest BCUT2D eigenvalue weighted by molar-refractivity contribution is 7.90. The number of rotatable bonds is 7. The zero-order chi connectivity index (χ0) is 22.6. The van der Waals surface area contributed by atoms with Crippen LogP contribution >= 0.6 is 0 Å². The fourth-order valence-electron chi connectivity index (χ4n) is 4.65. The van der Waals surface area contributed by atoms with Crippen molar-refractivity contribution < 1.29 is 13.2 Å². The quantitative estimate of drug-likeness (QED) is 0.631. The first-order valence-corrected chi connectivity index (χ1v) is 13.5. The number of hydrogen-bond acceptors (Lipinski definition) is 7. The van der Waals surface area contributed by atoms with Gasteiger partial charge in [-0.15, -0.1) is 0 Å². The second-order valence-electron chi connectivity index (χ2n) is 9.00. The predicted molar refractivity (Wildman–Crippen MR) is 126 cm³/mol. The van der Waals surface area contributed by atoms with Crippen LogP contribution in [0.3, 0.4) is 0 Å². The Bertz CT molecular complexity index is 963. The third-order valence-electron chi connectivity index (χ3n) is 6.77. The van der Waals surface area contributed by atoms with Crippen molar-refractivity contribution in [2.45, 2.75) is 50.0 Å². The Hall–Kier alpha value is -2.19. The number of hydrogen-bond donors (Lipinski definition) is 0. The molecule has 4 rings (SSSR count). The zero-order valence-electron chi connectivity index (χ0n) is 19.1. The van der Waals surface area contributed by atoms with E-state index in [-0.39, 0.29) is 0 Å². The third-order valence-corrected chi connectivity index (χ3v) is 7.90. The SMILES string of the molecule is CCc1cnc(N2CCN(C3CCC(COc4ccc(S(C)(=O)=O)cc4)CC3)CC2)nc1. The molecular weight excluding hydrogens is 424 g/mol. The van der Waals surface area contributed by atoms with E-state index in [1.165, 1.54) is 37.5 Å². The van der Waals surface area contributed by atoms with Crippen LogP contribution in [0.4, 0.5) is 5.95 Å². The van der Waals surface area contributed by atoms with Crippen molar-refractivity contribution >= 4 is 15.8 Å². The van der Waals surface area contributed by atoms with Gasteiger partial charge in [0.15, 0.2) is 9.84 Å². The van der Waals surface area contributed by atoms with Crippen LogP contribution in [0.2, 0.25) is 0 Å². The van der Waals surface area contributed by atoms with Gasteiger partial charge in [-0.1, -0.05) is 6.92 Å². The molecule has 0 atom stereocenters. The zero-order valence-corrected chi connectivity index (χ0v) is 19.9. The highest BCUT2D eigenvalue weighted by atomic mass is 32.2. The molecule has 0 bridgehead atoms. The van der Waals surface area contributed by atoms with Gasteiger partial charge in [0.05, 0.1) is 11.5 Å². The van der Waals surface area contributed by atoms with Gasteiger partial charge in [0.1, 0.15) is 5.75 Å². The van der Waals surface area contributed by atoms with E-state index in [4.69, 9.17) is 4.74 Å². The fourth-order valence-corrected chi connectivity index (χ4v) is 5.29. The van der Waals surface area contributed by atoms with Crippen LogP contribution in [0.1, 0.15) is 38.2 Å². The van der Waals surface area contributed by atoms with Crippen LogP contribution < -0.4 is 9.64 Å². The first kappa shape index (κ1) is 23.0. The van der Waals surface area contributed by atoms with Gasteiger partial charge in [0.25, 0.3) is 0 Å². The summed E-state index contributed by atoms with van der Waals surface area (Å²) >= 11 is 0. The van der Waals surface area contributed by atoms with E-state index in [2.05, 4.69) is 26.7 Å². The monoisotopic (exact) mass is 458 g/mol. The average Bonchev–Trinajstić information content (AvgIpc) is 2.83. The van der Waals surface area contributed by atoms with Crippen LogP contribution in [0.5, 0.6) is 5.75 Å². The molecule has 2 aliphatic rings. The maximum Gasteiger partial charge on any atom is 0.225 e. The molecule has 1 aliphatic carbocycles. The summed E-state index contributed by atoms with van der Waals surface area (Å²) in [5.74, 6) is 2.16. The number of nitrogens with zero attached hydrogens (tertiary/aromatic N) is 4. The molecule has 1 aromatic heterocycles. The summed E-state index contributed by atoms with van der Waals surface area (Å²) in [7, 11) is -3.16. The number of sulfone groups is 1. The second-order valence-corrected chi connectivity index (χ2v) is 11.0. The lowest BCUT2D eigenvalue weighted by Crippen LogP contribution is -2.51. The number of aromatic nitrogens is 2. The van der Waals surface area contributed by atoms with E-state index in [1.54, 1.807) is 24.3 Å². The van der Waals surface area contributed by atoms with Gasteiger partial charge in [-0.25, -0.2) is 18.4 Å². The van der Waals surface area contributed by atoms with E-state index in [0.29, 0.717) is 23.5 Å². The molecular formula is C24H34N4O3S. The van der Waals surface area contributed by atoms with Crippen molar-refractivity contribution in [2.75, 3.05) is 43.9 Å². The normalized spacial score (nSPS) is 22.6. The minimum atomic E-state index is -3.16. The molecule has 1 saturated heterocycles. The lowest BCUT2D eigenvalue weighted by Gasteiger charge is -2.42. The smallest absolute Gasteiger partial charge is 0.225 e. The Kier molecular flexibility index (Phi) is 7.30. The van der Waals surface area contributed by atoms with Gasteiger partial charge in [0, 0.05) is 50.9 Å². The van der Waals surface area contributed by atoms with Crippen molar-refractivity contribution in [1.29, 1.82) is 0 Å². The van der Waals surface area contributed by atoms with Crippen LogP contribution in [-0.4, -0.2) is 68.4 Å². The summed E-state index contributed by atoms with van der Waals surface area (Å²) in [5, 5.41) is 0. The molecule has 0 radical (unpaired) electrons. The molecule has 0 spiro atoms. The molecule has 174 valence electrons. The number of aryl methyl sites for hydroxylation is 1. The maximum atomic E-state index is 11.6. The number of anilines is 1. The molecule has 2 aromatic rings. The van der Waals surface area contributed by atoms with Gasteiger partial charge < -0.3 is 9.64 Å². The highest BCUT2D eigenvalue weighted by Gasteiger charge is 2.29. The summed E-state index contributed by atoms with van der Waals surface area (Å²) < 4.78 is 29.1. The summed E-state index contributed by atoms with van der Waals surface area (Å²) in [6.45, 7) is 6.92. The largest absolute Gasteiger partial charge is 0.493 e. The number of benzene rings is 1. The minimum Gasteiger partial charge on any atom is -0.493 e. The van der Waals surface area contributed by atoms with E-state index in [9.17, 15) is 8.42 Å². The van der Waals surface area contributed by atoms with Gasteiger partial charge >= 0.3 is 0 Å². The first-order chi connectivity index (χ1) is 15.4. The second kappa shape index (κ2) is 10.2. The van der Waals surface area contributed by atoms with E-state index in [1.807, 2.05) is 12.4 Å². The van der Waals surface area contributed by atoms with Crippen molar-refractivity contribution in [1.82, 2.24) is 14.9 Å². The lowest BCUT2D eigenvalue weighted by molar-refractivity contribution is 0.111. The van der Waals surface area contributed by atoms with E-state index in [0.717, 1.165) is 44.3 Å². The number of piperazine rings is 1. The van der Waals surface area contributed by atoms with Crippen LogP contribution in [0.25, 0.3) is 0 Å². The van der Waals surface area contributed by atoms with Crippen molar-refractivity contribution in [3.05, 3.63) is 42.2 Å². The standard InChI is InChI=1S/C24H34N4O3S/c1-3-19-16-25-24(26-17-19)28-14-12-27(13-15-28)21-6-4-20(5-7-21)18-31-22-8-10-23(11-9-22)32(2,29)30/h8-11,16-17,20-21H,3-7,12-15,18H2,1-2H3. The highest BCUT2D eigenvalue weighted by Crippen LogP contribution is 2.29. The van der Waals surface area contributed by atoms with Crippen LogP contribution in [-0.2, 0) is 16.3 Å². The third kappa shape index (κ3) is 5.78. The molecule has 2 heterocycles. The van der Waals surface area contributed by atoms with Crippen molar-refractivity contribution in [3.63, 3.8) is 0 Å². The van der Waals surface area contributed by atoms with E-state index < -0.39 is 9.84 Å². The van der Waals surface area contributed by atoms with Gasteiger partial charge in [-0.3, -0.25) is 4.90 Å². The summed E-state index contributed by atoms with van der Waals surface area (Å²) in [6.07, 6.45) is 10.8. The molecule has 1 saturated carbocycles. The van der Waals surface area contributed by atoms with Gasteiger partial charge in [-0.2, -0.15) is 0 Å². The molecule has 7 nitrogen and oxygen atoms in total. The molecule has 1 aromatic carbocycles. The fraction of sp³-hybridized carbons (Fsp3) is 0.583. The summed E-state index contributed by atoms with van der Waals surface area (Å²) in [5.41, 5.74) is 1.18. The molecule has 0 amide bonds. The molecule has 1 aliphatic heterocycles. The first-order valence-electron chi connectivity index (χ1n) is 11.6. The van der Waals surface area contributed by atoms with Gasteiger partial charge in [0.2, 0.25) is 5.95 Å². The number of ether oxygens (including phenoxy) is 1. The van der Waals surface area contributed by atoms with Gasteiger partial charge in [-0.05, 0) is 67.9 Å². The molecule has 2 fully saturated rings. The maximum absolute atomic E-state index is 11.6. The molecule has 8 heteroatoms. The Labute approximate surface area is 191 Å².